The van der Waals surface area contributed by atoms with Crippen molar-refractivity contribution in [1.29, 1.82) is 0 Å². The van der Waals surface area contributed by atoms with Gasteiger partial charge in [0.2, 0.25) is 0 Å². The topological polar surface area (TPSA) is 23.4 Å². The van der Waals surface area contributed by atoms with Crippen molar-refractivity contribution in [3.63, 3.8) is 0 Å². The minimum atomic E-state index is 0.0778. The normalized spacial score (nSPS) is 12.9. The SMILES string of the molecule is Cc1ccc2c(c1)B1c3cc(C)ccc3Oc3cc(-c4ccc(-n5c6ccccc6c6ccccc65)cc4)cc(c31)O2. The summed E-state index contributed by atoms with van der Waals surface area (Å²) in [5.74, 6) is 3.56. The van der Waals surface area contributed by atoms with Crippen LogP contribution in [-0.2, 0) is 0 Å². The summed E-state index contributed by atoms with van der Waals surface area (Å²) in [5.41, 5.74) is 11.7. The van der Waals surface area contributed by atoms with Crippen LogP contribution in [0, 0.1) is 13.8 Å². The van der Waals surface area contributed by atoms with Crippen LogP contribution in [0.5, 0.6) is 23.0 Å². The van der Waals surface area contributed by atoms with E-state index in [1.807, 2.05) is 0 Å². The second-order valence-electron chi connectivity index (χ2n) is 11.5. The van der Waals surface area contributed by atoms with Gasteiger partial charge < -0.3 is 14.0 Å². The molecular weight excluding hydrogens is 513 g/mol. The van der Waals surface area contributed by atoms with Crippen LogP contribution in [0.1, 0.15) is 11.1 Å². The highest BCUT2D eigenvalue weighted by atomic mass is 16.5. The number of hydrogen-bond donors (Lipinski definition) is 0. The van der Waals surface area contributed by atoms with E-state index in [1.54, 1.807) is 0 Å². The molecule has 7 aromatic rings. The first-order valence-electron chi connectivity index (χ1n) is 14.5. The Morgan fingerprint density at radius 3 is 1.57 bits per heavy atom. The fraction of sp³-hybridized carbons (Fsp3) is 0.0526. The minimum Gasteiger partial charge on any atom is -0.458 e. The summed E-state index contributed by atoms with van der Waals surface area (Å²) >= 11 is 0. The average molecular weight is 539 g/mol. The molecule has 1 aromatic heterocycles. The second kappa shape index (κ2) is 8.64. The van der Waals surface area contributed by atoms with E-state index in [0.717, 1.165) is 45.3 Å². The van der Waals surface area contributed by atoms with Crippen LogP contribution < -0.4 is 25.9 Å². The van der Waals surface area contributed by atoms with E-state index in [0.29, 0.717) is 0 Å². The van der Waals surface area contributed by atoms with E-state index in [9.17, 15) is 0 Å². The first kappa shape index (κ1) is 23.5. The van der Waals surface area contributed by atoms with Crippen LogP contribution in [0.25, 0.3) is 38.6 Å². The smallest absolute Gasteiger partial charge is 0.260 e. The highest BCUT2D eigenvalue weighted by Gasteiger charge is 2.40. The number of rotatable bonds is 2. The minimum absolute atomic E-state index is 0.0778. The molecule has 0 unspecified atom stereocenters. The molecule has 0 saturated carbocycles. The molecular formula is C38H26BNO2. The van der Waals surface area contributed by atoms with E-state index in [-0.39, 0.29) is 6.71 Å². The van der Waals surface area contributed by atoms with Gasteiger partial charge in [0.05, 0.1) is 11.0 Å². The lowest BCUT2D eigenvalue weighted by molar-refractivity contribution is 0.465. The van der Waals surface area contributed by atoms with Gasteiger partial charge in [0.15, 0.2) is 0 Å². The molecule has 2 aliphatic heterocycles. The van der Waals surface area contributed by atoms with E-state index >= 15 is 0 Å². The zero-order valence-corrected chi connectivity index (χ0v) is 23.4. The molecule has 0 aliphatic carbocycles. The number of benzene rings is 6. The number of para-hydroxylation sites is 2. The molecule has 0 spiro atoms. The van der Waals surface area contributed by atoms with Gasteiger partial charge >= 0.3 is 0 Å². The third kappa shape index (κ3) is 3.36. The fourth-order valence-corrected chi connectivity index (χ4v) is 6.91. The first-order valence-corrected chi connectivity index (χ1v) is 14.5. The Bertz CT molecular complexity index is 2100. The molecule has 0 atom stereocenters. The lowest BCUT2D eigenvalue weighted by Gasteiger charge is -2.33. The Labute approximate surface area is 244 Å². The molecule has 0 N–H and O–H groups in total. The molecule has 0 bridgehead atoms. The predicted octanol–water partition coefficient (Wildman–Crippen LogP) is 7.80. The third-order valence-corrected chi connectivity index (χ3v) is 8.82. The molecule has 9 rings (SSSR count). The van der Waals surface area contributed by atoms with Crippen molar-refractivity contribution < 1.29 is 9.47 Å². The summed E-state index contributed by atoms with van der Waals surface area (Å²) in [7, 11) is 0. The average Bonchev–Trinajstić information content (AvgIpc) is 3.35. The van der Waals surface area contributed by atoms with E-state index < -0.39 is 0 Å². The lowest BCUT2D eigenvalue weighted by Crippen LogP contribution is -2.57. The second-order valence-corrected chi connectivity index (χ2v) is 11.5. The zero-order valence-electron chi connectivity index (χ0n) is 23.4. The molecule has 0 fully saturated rings. The van der Waals surface area contributed by atoms with Gasteiger partial charge in [-0.3, -0.25) is 0 Å². The van der Waals surface area contributed by atoms with Gasteiger partial charge in [-0.05, 0) is 84.4 Å². The summed E-state index contributed by atoms with van der Waals surface area (Å²) in [6.07, 6.45) is 0. The Morgan fingerprint density at radius 1 is 0.500 bits per heavy atom. The number of fused-ring (bicyclic) bond motifs is 7. The van der Waals surface area contributed by atoms with E-state index in [2.05, 4.69) is 140 Å². The van der Waals surface area contributed by atoms with E-state index in [1.165, 1.54) is 43.9 Å². The molecule has 2 aliphatic rings. The van der Waals surface area contributed by atoms with Crippen molar-refractivity contribution in [1.82, 2.24) is 4.57 Å². The first-order chi connectivity index (χ1) is 20.6. The maximum absolute atomic E-state index is 6.58. The van der Waals surface area contributed by atoms with Crippen LogP contribution >= 0.6 is 0 Å². The van der Waals surface area contributed by atoms with Crippen LogP contribution in [-0.4, -0.2) is 11.3 Å². The van der Waals surface area contributed by atoms with Crippen LogP contribution in [0.15, 0.2) is 121 Å². The molecule has 0 saturated heterocycles. The summed E-state index contributed by atoms with van der Waals surface area (Å²) in [6, 6.07) is 43.4. The van der Waals surface area contributed by atoms with Crippen molar-refractivity contribution in [2.24, 2.45) is 0 Å². The summed E-state index contributed by atoms with van der Waals surface area (Å²) in [6.45, 7) is 4.35. The van der Waals surface area contributed by atoms with Gasteiger partial charge in [0, 0.05) is 21.9 Å². The Hall–Kier alpha value is -5.22. The van der Waals surface area contributed by atoms with Crippen molar-refractivity contribution in [2.45, 2.75) is 13.8 Å². The maximum atomic E-state index is 6.58. The van der Waals surface area contributed by atoms with Gasteiger partial charge in [0.25, 0.3) is 6.71 Å². The molecule has 0 amide bonds. The Balaban J connectivity index is 1.18. The summed E-state index contributed by atoms with van der Waals surface area (Å²) in [5, 5.41) is 2.53. The van der Waals surface area contributed by atoms with Gasteiger partial charge in [-0.15, -0.1) is 0 Å². The molecule has 198 valence electrons. The van der Waals surface area contributed by atoms with Gasteiger partial charge in [0.1, 0.15) is 23.0 Å². The van der Waals surface area contributed by atoms with Gasteiger partial charge in [-0.25, -0.2) is 0 Å². The summed E-state index contributed by atoms with van der Waals surface area (Å²) < 4.78 is 15.5. The number of aromatic nitrogens is 1. The van der Waals surface area contributed by atoms with Crippen molar-refractivity contribution >= 4 is 44.9 Å². The molecule has 6 aromatic carbocycles. The largest absolute Gasteiger partial charge is 0.458 e. The molecule has 0 radical (unpaired) electrons. The van der Waals surface area contributed by atoms with Crippen molar-refractivity contribution in [3.8, 4) is 39.8 Å². The predicted molar refractivity (Wildman–Crippen MR) is 173 cm³/mol. The van der Waals surface area contributed by atoms with Gasteiger partial charge in [-0.1, -0.05) is 83.9 Å². The molecule has 4 heteroatoms. The molecule has 3 heterocycles. The van der Waals surface area contributed by atoms with Crippen molar-refractivity contribution in [3.05, 3.63) is 132 Å². The van der Waals surface area contributed by atoms with E-state index in [4.69, 9.17) is 9.47 Å². The molecule has 3 nitrogen and oxygen atoms in total. The number of nitrogens with zero attached hydrogens (tertiary/aromatic N) is 1. The monoisotopic (exact) mass is 539 g/mol. The number of aryl methyl sites for hydroxylation is 2. The Morgan fingerprint density at radius 2 is 1.02 bits per heavy atom. The number of hydrogen-bond acceptors (Lipinski definition) is 2. The lowest BCUT2D eigenvalue weighted by atomic mass is 9.34. The van der Waals surface area contributed by atoms with Gasteiger partial charge in [-0.2, -0.15) is 0 Å². The van der Waals surface area contributed by atoms with Crippen molar-refractivity contribution in [2.75, 3.05) is 0 Å². The maximum Gasteiger partial charge on any atom is 0.260 e. The highest BCUT2D eigenvalue weighted by molar-refractivity contribution is 6.98. The van der Waals surface area contributed by atoms with Crippen LogP contribution in [0.3, 0.4) is 0 Å². The molecule has 42 heavy (non-hydrogen) atoms. The Kier molecular flexibility index (Phi) is 4.83. The van der Waals surface area contributed by atoms with Crippen LogP contribution in [0.4, 0.5) is 0 Å². The highest BCUT2D eigenvalue weighted by Crippen LogP contribution is 2.39. The standard InChI is InChI=1S/C38H26BNO2/c1-23-11-17-34-30(19-23)39-31-20-24(2)12-18-35(31)42-37-22-26(21-36(41-34)38(37)39)25-13-15-27(16-14-25)40-32-9-5-3-7-28(32)29-8-4-6-10-33(29)40/h3-22H,1-2H3. The van der Waals surface area contributed by atoms with Crippen LogP contribution in [0.2, 0.25) is 0 Å². The third-order valence-electron chi connectivity index (χ3n) is 8.82. The fourth-order valence-electron chi connectivity index (χ4n) is 6.91. The zero-order chi connectivity index (χ0) is 27.9. The summed E-state index contributed by atoms with van der Waals surface area (Å²) in [4.78, 5) is 0. The number of ether oxygens (including phenoxy) is 2. The quantitative estimate of drug-likeness (QED) is 0.209.